The normalized spacial score (nSPS) is 10.6. The molecule has 0 atom stereocenters. The van der Waals surface area contributed by atoms with E-state index in [9.17, 15) is 9.59 Å². The van der Waals surface area contributed by atoms with E-state index in [1.807, 2.05) is 47.8 Å². The number of hydrogen-bond donors (Lipinski definition) is 2. The highest BCUT2D eigenvalue weighted by atomic mass is 32.1. The summed E-state index contributed by atoms with van der Waals surface area (Å²) in [5.41, 5.74) is 1.58. The SMILES string of the molecule is O=C(C=Cc1cccs1)Nc1ccccc1C(=O)Nc1ccccc1. The van der Waals surface area contributed by atoms with Crippen molar-refractivity contribution in [3.63, 3.8) is 0 Å². The van der Waals surface area contributed by atoms with Gasteiger partial charge in [0.25, 0.3) is 5.91 Å². The van der Waals surface area contributed by atoms with E-state index >= 15 is 0 Å². The molecule has 0 unspecified atom stereocenters. The van der Waals surface area contributed by atoms with Crippen LogP contribution >= 0.6 is 11.3 Å². The molecule has 5 heteroatoms. The second-order valence-corrected chi connectivity index (χ2v) is 6.18. The van der Waals surface area contributed by atoms with Gasteiger partial charge in [-0.25, -0.2) is 0 Å². The molecule has 3 aromatic rings. The fourth-order valence-corrected chi connectivity index (χ4v) is 2.85. The molecule has 0 aliphatic heterocycles. The Morgan fingerprint density at radius 2 is 1.60 bits per heavy atom. The van der Waals surface area contributed by atoms with Crippen molar-refractivity contribution in [2.24, 2.45) is 0 Å². The van der Waals surface area contributed by atoms with Crippen LogP contribution in [0.4, 0.5) is 11.4 Å². The fraction of sp³-hybridized carbons (Fsp3) is 0. The van der Waals surface area contributed by atoms with E-state index in [4.69, 9.17) is 0 Å². The minimum absolute atomic E-state index is 0.274. The molecule has 0 aliphatic rings. The Kier molecular flexibility index (Phi) is 5.39. The Morgan fingerprint density at radius 3 is 2.36 bits per heavy atom. The van der Waals surface area contributed by atoms with Crippen LogP contribution in [-0.4, -0.2) is 11.8 Å². The predicted molar refractivity (Wildman–Crippen MR) is 103 cm³/mol. The Balaban J connectivity index is 1.72. The van der Waals surface area contributed by atoms with Crippen LogP contribution in [0, 0.1) is 0 Å². The van der Waals surface area contributed by atoms with Crippen LogP contribution in [0.5, 0.6) is 0 Å². The molecule has 1 heterocycles. The van der Waals surface area contributed by atoms with E-state index in [0.717, 1.165) is 4.88 Å². The van der Waals surface area contributed by atoms with Gasteiger partial charge in [0.2, 0.25) is 5.91 Å². The molecule has 2 aromatic carbocycles. The van der Waals surface area contributed by atoms with E-state index in [1.54, 1.807) is 41.7 Å². The third kappa shape index (κ3) is 4.65. The summed E-state index contributed by atoms with van der Waals surface area (Å²) in [7, 11) is 0. The molecule has 0 bridgehead atoms. The Bertz CT molecular complexity index is 887. The lowest BCUT2D eigenvalue weighted by molar-refractivity contribution is -0.111. The van der Waals surface area contributed by atoms with Gasteiger partial charge in [-0.1, -0.05) is 36.4 Å². The molecule has 0 aliphatic carbocycles. The third-order valence-corrected chi connectivity index (χ3v) is 4.24. The van der Waals surface area contributed by atoms with Crippen molar-refractivity contribution >= 4 is 40.6 Å². The number of benzene rings is 2. The second kappa shape index (κ2) is 8.08. The van der Waals surface area contributed by atoms with Crippen LogP contribution in [0.2, 0.25) is 0 Å². The van der Waals surface area contributed by atoms with E-state index in [1.165, 1.54) is 6.08 Å². The Labute approximate surface area is 149 Å². The molecule has 1 aromatic heterocycles. The van der Waals surface area contributed by atoms with Crippen molar-refractivity contribution in [2.75, 3.05) is 10.6 Å². The smallest absolute Gasteiger partial charge is 0.257 e. The number of anilines is 2. The van der Waals surface area contributed by atoms with Crippen molar-refractivity contribution in [2.45, 2.75) is 0 Å². The summed E-state index contributed by atoms with van der Waals surface area (Å²) in [5.74, 6) is -0.558. The van der Waals surface area contributed by atoms with Gasteiger partial charge in [0.15, 0.2) is 0 Å². The van der Waals surface area contributed by atoms with Crippen LogP contribution in [0.1, 0.15) is 15.2 Å². The van der Waals surface area contributed by atoms with Crippen molar-refractivity contribution in [1.82, 2.24) is 0 Å². The van der Waals surface area contributed by atoms with E-state index in [2.05, 4.69) is 10.6 Å². The summed E-state index contributed by atoms with van der Waals surface area (Å²) in [4.78, 5) is 25.6. The first-order chi connectivity index (χ1) is 12.2. The van der Waals surface area contributed by atoms with Crippen molar-refractivity contribution < 1.29 is 9.59 Å². The van der Waals surface area contributed by atoms with Gasteiger partial charge in [-0.2, -0.15) is 0 Å². The molecular weight excluding hydrogens is 332 g/mol. The summed E-state index contributed by atoms with van der Waals surface area (Å²) in [6.07, 6.45) is 3.20. The molecule has 2 amide bonds. The highest BCUT2D eigenvalue weighted by Crippen LogP contribution is 2.18. The zero-order valence-electron chi connectivity index (χ0n) is 13.3. The Hall–Kier alpha value is -3.18. The quantitative estimate of drug-likeness (QED) is 0.659. The first-order valence-electron chi connectivity index (χ1n) is 7.70. The van der Waals surface area contributed by atoms with Crippen molar-refractivity contribution in [1.29, 1.82) is 0 Å². The number of nitrogens with one attached hydrogen (secondary N) is 2. The lowest BCUT2D eigenvalue weighted by Crippen LogP contribution is -2.16. The maximum absolute atomic E-state index is 12.5. The maximum Gasteiger partial charge on any atom is 0.257 e. The minimum atomic E-state index is -0.284. The van der Waals surface area contributed by atoms with E-state index < -0.39 is 0 Å². The number of para-hydroxylation sites is 2. The molecule has 0 radical (unpaired) electrons. The maximum atomic E-state index is 12.5. The lowest BCUT2D eigenvalue weighted by atomic mass is 10.1. The number of amides is 2. The van der Waals surface area contributed by atoms with Crippen LogP contribution in [0.3, 0.4) is 0 Å². The zero-order chi connectivity index (χ0) is 17.5. The van der Waals surface area contributed by atoms with Crippen molar-refractivity contribution in [3.05, 3.63) is 88.6 Å². The van der Waals surface area contributed by atoms with Gasteiger partial charge in [-0.15, -0.1) is 11.3 Å². The van der Waals surface area contributed by atoms with Crippen LogP contribution in [0.15, 0.2) is 78.2 Å². The van der Waals surface area contributed by atoms with Crippen LogP contribution in [0.25, 0.3) is 6.08 Å². The number of carbonyl (C=O) groups excluding carboxylic acids is 2. The average Bonchev–Trinajstić information content (AvgIpc) is 3.15. The summed E-state index contributed by atoms with van der Waals surface area (Å²) in [5, 5.41) is 7.52. The average molecular weight is 348 g/mol. The largest absolute Gasteiger partial charge is 0.322 e. The first-order valence-corrected chi connectivity index (χ1v) is 8.58. The van der Waals surface area contributed by atoms with Gasteiger partial charge in [-0.3, -0.25) is 9.59 Å². The van der Waals surface area contributed by atoms with Crippen molar-refractivity contribution in [3.8, 4) is 0 Å². The Morgan fingerprint density at radius 1 is 0.840 bits per heavy atom. The third-order valence-electron chi connectivity index (χ3n) is 3.40. The lowest BCUT2D eigenvalue weighted by Gasteiger charge is -2.10. The monoisotopic (exact) mass is 348 g/mol. The number of carbonyl (C=O) groups is 2. The highest BCUT2D eigenvalue weighted by molar-refractivity contribution is 7.10. The molecule has 0 fully saturated rings. The van der Waals surface area contributed by atoms with E-state index in [-0.39, 0.29) is 11.8 Å². The molecule has 0 saturated carbocycles. The van der Waals surface area contributed by atoms with Gasteiger partial charge in [0.05, 0.1) is 11.3 Å². The first kappa shape index (κ1) is 16.7. The topological polar surface area (TPSA) is 58.2 Å². The summed E-state index contributed by atoms with van der Waals surface area (Å²) < 4.78 is 0. The number of rotatable bonds is 5. The van der Waals surface area contributed by atoms with Gasteiger partial charge in [-0.05, 0) is 41.8 Å². The van der Waals surface area contributed by atoms with E-state index in [0.29, 0.717) is 16.9 Å². The summed E-state index contributed by atoms with van der Waals surface area (Å²) >= 11 is 1.55. The fourth-order valence-electron chi connectivity index (χ4n) is 2.23. The molecule has 124 valence electrons. The summed E-state index contributed by atoms with van der Waals surface area (Å²) in [6, 6.07) is 20.0. The number of hydrogen-bond acceptors (Lipinski definition) is 3. The molecule has 0 spiro atoms. The van der Waals surface area contributed by atoms with Gasteiger partial charge in [0, 0.05) is 16.6 Å². The van der Waals surface area contributed by atoms with Crippen LogP contribution < -0.4 is 10.6 Å². The van der Waals surface area contributed by atoms with Gasteiger partial charge < -0.3 is 10.6 Å². The standard InChI is InChI=1S/C20H16N2O2S/c23-19(13-12-16-9-6-14-25-16)22-18-11-5-4-10-17(18)20(24)21-15-7-2-1-3-8-15/h1-14H,(H,21,24)(H,22,23). The van der Waals surface area contributed by atoms with Gasteiger partial charge >= 0.3 is 0 Å². The zero-order valence-corrected chi connectivity index (χ0v) is 14.1. The molecule has 4 nitrogen and oxygen atoms in total. The molecule has 25 heavy (non-hydrogen) atoms. The molecule has 0 saturated heterocycles. The minimum Gasteiger partial charge on any atom is -0.322 e. The van der Waals surface area contributed by atoms with Crippen LogP contribution in [-0.2, 0) is 4.79 Å². The predicted octanol–water partition coefficient (Wildman–Crippen LogP) is 4.65. The molecule has 3 rings (SSSR count). The second-order valence-electron chi connectivity index (χ2n) is 5.20. The molecule has 2 N–H and O–H groups in total. The molecular formula is C20H16N2O2S. The highest BCUT2D eigenvalue weighted by Gasteiger charge is 2.12. The van der Waals surface area contributed by atoms with Gasteiger partial charge in [0.1, 0.15) is 0 Å². The summed E-state index contributed by atoms with van der Waals surface area (Å²) in [6.45, 7) is 0. The number of thiophene rings is 1.